The maximum absolute atomic E-state index is 5.85. The van der Waals surface area contributed by atoms with Crippen molar-refractivity contribution in [2.24, 2.45) is 0 Å². The lowest BCUT2D eigenvalue weighted by Gasteiger charge is -2.09. The third kappa shape index (κ3) is 3.30. The van der Waals surface area contributed by atoms with E-state index in [1.165, 1.54) is 5.56 Å². The summed E-state index contributed by atoms with van der Waals surface area (Å²) in [5.41, 5.74) is 3.12. The third-order valence-electron chi connectivity index (χ3n) is 4.02. The lowest BCUT2D eigenvalue weighted by atomic mass is 10.1. The molecule has 4 aromatic rings. The number of aromatic amines is 1. The zero-order valence-corrected chi connectivity index (χ0v) is 15.0. The normalized spacial score (nSPS) is 10.7. The van der Waals surface area contributed by atoms with E-state index in [0.717, 1.165) is 28.6 Å². The Bertz CT molecular complexity index is 1080. The Kier molecular flexibility index (Phi) is 4.37. The Morgan fingerprint density at radius 3 is 2.35 bits per heavy atom. The first-order chi connectivity index (χ1) is 12.7. The molecule has 4 nitrogen and oxygen atoms in total. The van der Waals surface area contributed by atoms with Gasteiger partial charge in [0.25, 0.3) is 0 Å². The van der Waals surface area contributed by atoms with Crippen molar-refractivity contribution in [2.45, 2.75) is 6.92 Å². The highest BCUT2D eigenvalue weighted by Crippen LogP contribution is 2.25. The van der Waals surface area contributed by atoms with Gasteiger partial charge in [0, 0.05) is 5.56 Å². The Hall–Kier alpha value is -3.18. The second-order valence-electron chi connectivity index (χ2n) is 5.97. The summed E-state index contributed by atoms with van der Waals surface area (Å²) in [6.45, 7) is 2.06. The predicted molar refractivity (Wildman–Crippen MR) is 105 cm³/mol. The van der Waals surface area contributed by atoms with Crippen molar-refractivity contribution in [1.82, 2.24) is 14.8 Å². The van der Waals surface area contributed by atoms with Gasteiger partial charge in [-0.15, -0.1) is 0 Å². The standard InChI is InChI=1S/C21H17N3OS/c1-15-6-5-7-16(14-15)20-22-23-21(26)24(20)17-10-12-19(13-11-17)25-18-8-3-2-4-9-18/h2-14H,1H3,(H,23,26). The number of rotatable bonds is 4. The minimum Gasteiger partial charge on any atom is -0.457 e. The summed E-state index contributed by atoms with van der Waals surface area (Å²) in [6.07, 6.45) is 0. The molecular formula is C21H17N3OS. The summed E-state index contributed by atoms with van der Waals surface area (Å²) in [6, 6.07) is 25.7. The third-order valence-corrected chi connectivity index (χ3v) is 4.30. The molecule has 0 saturated carbocycles. The number of H-pyrrole nitrogens is 1. The molecule has 0 aliphatic rings. The van der Waals surface area contributed by atoms with Crippen molar-refractivity contribution in [3.8, 4) is 28.6 Å². The molecule has 0 saturated heterocycles. The molecule has 0 spiro atoms. The van der Waals surface area contributed by atoms with Crippen LogP contribution in [0.25, 0.3) is 17.1 Å². The van der Waals surface area contributed by atoms with E-state index in [-0.39, 0.29) is 0 Å². The van der Waals surface area contributed by atoms with Crippen LogP contribution in [0.2, 0.25) is 0 Å². The van der Waals surface area contributed by atoms with Crippen LogP contribution in [0, 0.1) is 11.7 Å². The van der Waals surface area contributed by atoms with E-state index in [1.54, 1.807) is 0 Å². The van der Waals surface area contributed by atoms with Crippen LogP contribution in [-0.4, -0.2) is 14.8 Å². The minimum absolute atomic E-state index is 0.554. The van der Waals surface area contributed by atoms with Gasteiger partial charge in [-0.3, -0.25) is 9.67 Å². The quantitative estimate of drug-likeness (QED) is 0.475. The van der Waals surface area contributed by atoms with E-state index in [2.05, 4.69) is 29.3 Å². The fourth-order valence-corrected chi connectivity index (χ4v) is 3.04. The van der Waals surface area contributed by atoms with E-state index >= 15 is 0 Å². The highest BCUT2D eigenvalue weighted by Gasteiger charge is 2.11. The van der Waals surface area contributed by atoms with Gasteiger partial charge in [-0.2, -0.15) is 5.10 Å². The predicted octanol–water partition coefficient (Wildman–Crippen LogP) is 5.70. The average Bonchev–Trinajstić information content (AvgIpc) is 3.05. The van der Waals surface area contributed by atoms with Gasteiger partial charge < -0.3 is 4.74 Å². The maximum atomic E-state index is 5.85. The van der Waals surface area contributed by atoms with Crippen LogP contribution < -0.4 is 4.74 Å². The number of nitrogens with one attached hydrogen (secondary N) is 1. The van der Waals surface area contributed by atoms with Crippen molar-refractivity contribution in [3.63, 3.8) is 0 Å². The van der Waals surface area contributed by atoms with Crippen LogP contribution in [-0.2, 0) is 0 Å². The highest BCUT2D eigenvalue weighted by molar-refractivity contribution is 7.71. The van der Waals surface area contributed by atoms with Crippen molar-refractivity contribution in [3.05, 3.63) is 89.2 Å². The zero-order valence-electron chi connectivity index (χ0n) is 14.2. The van der Waals surface area contributed by atoms with Crippen LogP contribution in [0.15, 0.2) is 78.9 Å². The number of aromatic nitrogens is 3. The number of hydrogen-bond acceptors (Lipinski definition) is 3. The van der Waals surface area contributed by atoms with Crippen molar-refractivity contribution in [2.75, 3.05) is 0 Å². The van der Waals surface area contributed by atoms with Gasteiger partial charge in [0.1, 0.15) is 11.5 Å². The van der Waals surface area contributed by atoms with Gasteiger partial charge in [0.2, 0.25) is 0 Å². The SMILES string of the molecule is Cc1cccc(-c2n[nH]c(=S)n2-c2ccc(Oc3ccccc3)cc2)c1. The first-order valence-electron chi connectivity index (χ1n) is 8.28. The van der Waals surface area contributed by atoms with E-state index < -0.39 is 0 Å². The first kappa shape index (κ1) is 16.3. The van der Waals surface area contributed by atoms with Crippen LogP contribution in [0.5, 0.6) is 11.5 Å². The molecule has 0 aliphatic heterocycles. The number of nitrogens with zero attached hydrogens (tertiary/aromatic N) is 2. The molecule has 26 heavy (non-hydrogen) atoms. The largest absolute Gasteiger partial charge is 0.457 e. The Morgan fingerprint density at radius 1 is 0.885 bits per heavy atom. The van der Waals surface area contributed by atoms with Gasteiger partial charge >= 0.3 is 0 Å². The van der Waals surface area contributed by atoms with E-state index in [1.807, 2.05) is 71.3 Å². The smallest absolute Gasteiger partial charge is 0.200 e. The monoisotopic (exact) mass is 359 g/mol. The first-order valence-corrected chi connectivity index (χ1v) is 8.69. The Morgan fingerprint density at radius 2 is 1.62 bits per heavy atom. The lowest BCUT2D eigenvalue weighted by molar-refractivity contribution is 0.482. The molecule has 1 heterocycles. The lowest BCUT2D eigenvalue weighted by Crippen LogP contribution is -1.98. The van der Waals surface area contributed by atoms with Crippen LogP contribution in [0.4, 0.5) is 0 Å². The van der Waals surface area contributed by atoms with Gasteiger partial charge in [0.15, 0.2) is 10.6 Å². The molecule has 4 rings (SSSR count). The Labute approximate surface area is 156 Å². The number of aryl methyl sites for hydroxylation is 1. The topological polar surface area (TPSA) is 42.8 Å². The summed E-state index contributed by atoms with van der Waals surface area (Å²) in [7, 11) is 0. The molecule has 0 unspecified atom stereocenters. The summed E-state index contributed by atoms with van der Waals surface area (Å²) in [5.74, 6) is 2.36. The molecule has 0 aliphatic carbocycles. The molecule has 0 fully saturated rings. The summed E-state index contributed by atoms with van der Waals surface area (Å²) >= 11 is 5.44. The molecule has 0 bridgehead atoms. The molecule has 1 aromatic heterocycles. The minimum atomic E-state index is 0.554. The number of para-hydroxylation sites is 1. The highest BCUT2D eigenvalue weighted by atomic mass is 32.1. The van der Waals surface area contributed by atoms with Crippen molar-refractivity contribution >= 4 is 12.2 Å². The molecule has 128 valence electrons. The summed E-state index contributed by atoms with van der Waals surface area (Å²) in [5, 5.41) is 7.30. The molecule has 0 amide bonds. The molecular weight excluding hydrogens is 342 g/mol. The van der Waals surface area contributed by atoms with Gasteiger partial charge in [-0.1, -0.05) is 42.0 Å². The number of benzene rings is 3. The van der Waals surface area contributed by atoms with E-state index in [4.69, 9.17) is 17.0 Å². The van der Waals surface area contributed by atoms with Crippen LogP contribution in [0.1, 0.15) is 5.56 Å². The van der Waals surface area contributed by atoms with Gasteiger partial charge in [0.05, 0.1) is 5.69 Å². The van der Waals surface area contributed by atoms with Crippen molar-refractivity contribution in [1.29, 1.82) is 0 Å². The second kappa shape index (κ2) is 6.98. The fourth-order valence-electron chi connectivity index (χ4n) is 2.80. The number of hydrogen-bond donors (Lipinski definition) is 1. The maximum Gasteiger partial charge on any atom is 0.200 e. The second-order valence-corrected chi connectivity index (χ2v) is 6.35. The van der Waals surface area contributed by atoms with Gasteiger partial charge in [-0.05, 0) is 61.6 Å². The molecule has 5 heteroatoms. The zero-order chi connectivity index (χ0) is 17.9. The van der Waals surface area contributed by atoms with Crippen LogP contribution in [0.3, 0.4) is 0 Å². The summed E-state index contributed by atoms with van der Waals surface area (Å²) in [4.78, 5) is 0. The molecule has 0 radical (unpaired) electrons. The van der Waals surface area contributed by atoms with E-state index in [9.17, 15) is 0 Å². The van der Waals surface area contributed by atoms with Gasteiger partial charge in [-0.25, -0.2) is 0 Å². The fraction of sp³-hybridized carbons (Fsp3) is 0.0476. The van der Waals surface area contributed by atoms with Crippen molar-refractivity contribution < 1.29 is 4.74 Å². The van der Waals surface area contributed by atoms with Crippen LogP contribution >= 0.6 is 12.2 Å². The molecule has 1 N–H and O–H groups in total. The average molecular weight is 359 g/mol. The van der Waals surface area contributed by atoms with E-state index in [0.29, 0.717) is 4.77 Å². The Balaban J connectivity index is 1.68. The number of ether oxygens (including phenoxy) is 1. The molecule has 0 atom stereocenters. The summed E-state index contributed by atoms with van der Waals surface area (Å²) < 4.78 is 8.33. The molecule has 3 aromatic carbocycles.